The Morgan fingerprint density at radius 2 is 1.77 bits per heavy atom. The summed E-state index contributed by atoms with van der Waals surface area (Å²) in [6, 6.07) is 12.7. The highest BCUT2D eigenvalue weighted by Crippen LogP contribution is 2.29. The monoisotopic (exact) mass is 350 g/mol. The van der Waals surface area contributed by atoms with Crippen LogP contribution in [0.5, 0.6) is 0 Å². The van der Waals surface area contributed by atoms with Gasteiger partial charge in [-0.1, -0.05) is 12.1 Å². The van der Waals surface area contributed by atoms with Gasteiger partial charge in [-0.25, -0.2) is 0 Å². The fourth-order valence-corrected chi connectivity index (χ4v) is 3.16. The lowest BCUT2D eigenvalue weighted by Crippen LogP contribution is -2.28. The van der Waals surface area contributed by atoms with E-state index >= 15 is 0 Å². The van der Waals surface area contributed by atoms with Crippen LogP contribution in [0.4, 0.5) is 11.4 Å². The zero-order valence-electron chi connectivity index (χ0n) is 15.2. The number of rotatable bonds is 4. The van der Waals surface area contributed by atoms with Gasteiger partial charge in [-0.3, -0.25) is 14.4 Å². The van der Waals surface area contributed by atoms with E-state index in [0.29, 0.717) is 17.8 Å². The number of nitrogens with zero attached hydrogens (tertiary/aromatic N) is 1. The van der Waals surface area contributed by atoms with Crippen molar-refractivity contribution in [2.45, 2.75) is 27.2 Å². The first-order chi connectivity index (χ1) is 12.3. The molecule has 0 aliphatic carbocycles. The van der Waals surface area contributed by atoms with Gasteiger partial charge in [0, 0.05) is 29.9 Å². The zero-order chi connectivity index (χ0) is 18.8. The molecule has 1 aliphatic rings. The summed E-state index contributed by atoms with van der Waals surface area (Å²) in [6.07, 6.45) is 0.199. The molecule has 5 heteroatoms. The molecule has 5 nitrogen and oxygen atoms in total. The van der Waals surface area contributed by atoms with Crippen LogP contribution in [0, 0.1) is 19.8 Å². The second-order valence-corrected chi connectivity index (χ2v) is 6.82. The van der Waals surface area contributed by atoms with E-state index in [9.17, 15) is 14.4 Å². The predicted octanol–water partition coefficient (Wildman–Crippen LogP) is 3.50. The van der Waals surface area contributed by atoms with Gasteiger partial charge >= 0.3 is 0 Å². The molecule has 2 aromatic rings. The maximum absolute atomic E-state index is 12.6. The van der Waals surface area contributed by atoms with Gasteiger partial charge in [-0.05, 0) is 62.2 Å². The molecule has 2 aromatic carbocycles. The molecule has 3 rings (SSSR count). The summed E-state index contributed by atoms with van der Waals surface area (Å²) < 4.78 is 0. The van der Waals surface area contributed by atoms with Gasteiger partial charge in [0.15, 0.2) is 5.78 Å². The minimum atomic E-state index is -0.394. The maximum Gasteiger partial charge on any atom is 0.229 e. The lowest BCUT2D eigenvalue weighted by molar-refractivity contribution is -0.122. The first kappa shape index (κ1) is 17.9. The number of amides is 2. The van der Waals surface area contributed by atoms with Crippen LogP contribution in [-0.4, -0.2) is 24.1 Å². The molecular weight excluding hydrogens is 328 g/mol. The first-order valence-corrected chi connectivity index (χ1v) is 8.64. The van der Waals surface area contributed by atoms with Gasteiger partial charge in [0.1, 0.15) is 0 Å². The summed E-state index contributed by atoms with van der Waals surface area (Å²) in [5, 5.41) is 2.84. The summed E-state index contributed by atoms with van der Waals surface area (Å²) in [6.45, 7) is 5.82. The van der Waals surface area contributed by atoms with E-state index in [0.717, 1.165) is 16.8 Å². The maximum atomic E-state index is 12.6. The highest BCUT2D eigenvalue weighted by Gasteiger charge is 2.35. The van der Waals surface area contributed by atoms with Crippen molar-refractivity contribution in [1.29, 1.82) is 0 Å². The average molecular weight is 350 g/mol. The van der Waals surface area contributed by atoms with Crippen molar-refractivity contribution in [3.05, 3.63) is 59.2 Å². The standard InChI is InChI=1S/C21H22N2O3/c1-13-4-5-14(2)19(10-13)23-12-17(11-20(23)25)21(26)22-18-8-6-16(7-9-18)15(3)24/h4-10,17H,11-12H2,1-3H3,(H,22,26)/t17-/m1/s1. The number of hydrogen-bond acceptors (Lipinski definition) is 3. The number of hydrogen-bond donors (Lipinski definition) is 1. The summed E-state index contributed by atoms with van der Waals surface area (Å²) >= 11 is 0. The molecule has 134 valence electrons. The van der Waals surface area contributed by atoms with Crippen molar-refractivity contribution < 1.29 is 14.4 Å². The van der Waals surface area contributed by atoms with Gasteiger partial charge < -0.3 is 10.2 Å². The van der Waals surface area contributed by atoms with Crippen LogP contribution in [0.2, 0.25) is 0 Å². The first-order valence-electron chi connectivity index (χ1n) is 8.64. The minimum absolute atomic E-state index is 0.0200. The van der Waals surface area contributed by atoms with Crippen LogP contribution in [0.25, 0.3) is 0 Å². The van der Waals surface area contributed by atoms with E-state index in [-0.39, 0.29) is 24.0 Å². The van der Waals surface area contributed by atoms with Crippen LogP contribution in [0.1, 0.15) is 34.8 Å². The second-order valence-electron chi connectivity index (χ2n) is 6.82. The molecule has 1 fully saturated rings. The number of aryl methyl sites for hydroxylation is 2. The Morgan fingerprint density at radius 3 is 2.42 bits per heavy atom. The van der Waals surface area contributed by atoms with Crippen molar-refractivity contribution in [3.8, 4) is 0 Å². The molecule has 0 bridgehead atoms. The Morgan fingerprint density at radius 1 is 1.08 bits per heavy atom. The SMILES string of the molecule is CC(=O)c1ccc(NC(=O)[C@@H]2CC(=O)N(c3cc(C)ccc3C)C2)cc1. The average Bonchev–Trinajstić information content (AvgIpc) is 2.99. The smallest absolute Gasteiger partial charge is 0.229 e. The Kier molecular flexibility index (Phi) is 4.89. The van der Waals surface area contributed by atoms with Crippen LogP contribution >= 0.6 is 0 Å². The number of benzene rings is 2. The second kappa shape index (κ2) is 7.12. The summed E-state index contributed by atoms with van der Waals surface area (Å²) in [4.78, 5) is 38.0. The largest absolute Gasteiger partial charge is 0.326 e. The van der Waals surface area contributed by atoms with Crippen molar-refractivity contribution >= 4 is 29.0 Å². The molecule has 26 heavy (non-hydrogen) atoms. The van der Waals surface area contributed by atoms with Crippen LogP contribution in [0.3, 0.4) is 0 Å². The van der Waals surface area contributed by atoms with E-state index in [1.165, 1.54) is 6.92 Å². The highest BCUT2D eigenvalue weighted by molar-refractivity contribution is 6.04. The van der Waals surface area contributed by atoms with Gasteiger partial charge in [-0.2, -0.15) is 0 Å². The third-order valence-corrected chi connectivity index (χ3v) is 4.71. The third kappa shape index (κ3) is 3.67. The van der Waals surface area contributed by atoms with Crippen molar-refractivity contribution in [2.75, 3.05) is 16.8 Å². The topological polar surface area (TPSA) is 66.5 Å². The molecule has 0 saturated carbocycles. The summed E-state index contributed by atoms with van der Waals surface area (Å²) in [7, 11) is 0. The molecule has 0 unspecified atom stereocenters. The molecule has 1 saturated heterocycles. The fraction of sp³-hybridized carbons (Fsp3) is 0.286. The number of nitrogens with one attached hydrogen (secondary N) is 1. The van der Waals surface area contributed by atoms with E-state index in [4.69, 9.17) is 0 Å². The summed E-state index contributed by atoms with van der Waals surface area (Å²) in [5.74, 6) is -0.629. The van der Waals surface area contributed by atoms with E-state index in [1.807, 2.05) is 32.0 Å². The molecule has 1 aliphatic heterocycles. The van der Waals surface area contributed by atoms with Gasteiger partial charge in [-0.15, -0.1) is 0 Å². The lowest BCUT2D eigenvalue weighted by Gasteiger charge is -2.19. The Bertz CT molecular complexity index is 871. The quantitative estimate of drug-likeness (QED) is 0.858. The van der Waals surface area contributed by atoms with Crippen molar-refractivity contribution in [2.24, 2.45) is 5.92 Å². The van der Waals surface area contributed by atoms with Crippen LogP contribution in [-0.2, 0) is 9.59 Å². The predicted molar refractivity (Wildman–Crippen MR) is 101 cm³/mol. The number of carbonyl (C=O) groups is 3. The number of anilines is 2. The summed E-state index contributed by atoms with van der Waals surface area (Å²) in [5.41, 5.74) is 4.19. The molecule has 1 heterocycles. The number of ketones is 1. The molecule has 0 spiro atoms. The molecule has 1 atom stereocenters. The van der Waals surface area contributed by atoms with Crippen molar-refractivity contribution in [1.82, 2.24) is 0 Å². The Hall–Kier alpha value is -2.95. The Labute approximate surface area is 153 Å². The van der Waals surface area contributed by atoms with Crippen molar-refractivity contribution in [3.63, 3.8) is 0 Å². The Balaban J connectivity index is 1.70. The van der Waals surface area contributed by atoms with E-state index in [1.54, 1.807) is 29.2 Å². The zero-order valence-corrected chi connectivity index (χ0v) is 15.2. The van der Waals surface area contributed by atoms with E-state index in [2.05, 4.69) is 5.32 Å². The van der Waals surface area contributed by atoms with Gasteiger partial charge in [0.05, 0.1) is 5.92 Å². The minimum Gasteiger partial charge on any atom is -0.326 e. The normalized spacial score (nSPS) is 16.7. The molecule has 0 radical (unpaired) electrons. The van der Waals surface area contributed by atoms with Crippen LogP contribution in [0.15, 0.2) is 42.5 Å². The number of carbonyl (C=O) groups excluding carboxylic acids is 3. The number of Topliss-reactive ketones (excluding diaryl/α,β-unsaturated/α-hetero) is 1. The van der Waals surface area contributed by atoms with Crippen LogP contribution < -0.4 is 10.2 Å². The molecule has 2 amide bonds. The molecule has 0 aromatic heterocycles. The van der Waals surface area contributed by atoms with E-state index < -0.39 is 5.92 Å². The fourth-order valence-electron chi connectivity index (χ4n) is 3.16. The molecular formula is C21H22N2O3. The lowest BCUT2D eigenvalue weighted by atomic mass is 10.1. The third-order valence-electron chi connectivity index (χ3n) is 4.71. The van der Waals surface area contributed by atoms with Gasteiger partial charge in [0.25, 0.3) is 0 Å². The highest BCUT2D eigenvalue weighted by atomic mass is 16.2. The van der Waals surface area contributed by atoms with Gasteiger partial charge in [0.2, 0.25) is 11.8 Å². The molecule has 1 N–H and O–H groups in total.